The maximum absolute atomic E-state index is 12.9. The molecule has 0 saturated heterocycles. The van der Waals surface area contributed by atoms with Gasteiger partial charge in [-0.05, 0) is 67.2 Å². The van der Waals surface area contributed by atoms with E-state index < -0.39 is 5.41 Å². The normalized spacial score (nSPS) is 19.7. The number of Topliss-reactive ketones (excluding diaryl/α,β-unsaturated/α-hetero) is 1. The monoisotopic (exact) mass is 377 g/mol. The van der Waals surface area contributed by atoms with Crippen molar-refractivity contribution in [2.75, 3.05) is 11.9 Å². The van der Waals surface area contributed by atoms with Crippen LogP contribution in [0.25, 0.3) is 0 Å². The maximum atomic E-state index is 12.9. The zero-order valence-corrected chi connectivity index (χ0v) is 17.6. The number of benzene rings is 2. The Hall–Kier alpha value is -2.18. The van der Waals surface area contributed by atoms with Gasteiger partial charge < -0.3 is 4.90 Å². The van der Waals surface area contributed by atoms with Crippen molar-refractivity contribution in [1.29, 1.82) is 0 Å². The number of hydrogen-bond donors (Lipinski definition) is 0. The molecule has 2 atom stereocenters. The minimum atomic E-state index is -0.471. The number of allylic oxidation sites excluding steroid dienone is 3. The highest BCUT2D eigenvalue weighted by Gasteiger charge is 2.42. The zero-order valence-electron chi connectivity index (χ0n) is 16.5. The number of nitrogens with zero attached hydrogens (tertiary/aromatic N) is 1. The summed E-state index contributed by atoms with van der Waals surface area (Å²) in [6, 6.07) is 16.6. The molecule has 1 aliphatic carbocycles. The van der Waals surface area contributed by atoms with Crippen LogP contribution in [0.4, 0.5) is 5.69 Å². The second-order valence-corrected chi connectivity index (χ2v) is 8.03. The predicted octanol–water partition coefficient (Wildman–Crippen LogP) is 5.08. The summed E-state index contributed by atoms with van der Waals surface area (Å²) < 4.78 is 0. The highest BCUT2D eigenvalue weighted by molar-refractivity contribution is 7.27. The van der Waals surface area contributed by atoms with Crippen LogP contribution in [0.2, 0.25) is 0 Å². The quantitative estimate of drug-likeness (QED) is 0.677. The van der Waals surface area contributed by atoms with Crippen molar-refractivity contribution in [2.24, 2.45) is 0 Å². The molecule has 0 aromatic heterocycles. The van der Waals surface area contributed by atoms with Crippen LogP contribution in [0.3, 0.4) is 0 Å². The van der Waals surface area contributed by atoms with Gasteiger partial charge in [-0.25, -0.2) is 0 Å². The van der Waals surface area contributed by atoms with E-state index in [1.807, 2.05) is 12.1 Å². The number of hydrogen-bond acceptors (Lipinski definition) is 2. The van der Waals surface area contributed by atoms with Crippen LogP contribution in [0.5, 0.6) is 0 Å². The largest absolute Gasteiger partial charge is 0.348 e. The molecule has 0 N–H and O–H groups in total. The molecule has 2 unspecified atom stereocenters. The van der Waals surface area contributed by atoms with E-state index in [1.54, 1.807) is 6.92 Å². The van der Waals surface area contributed by atoms with E-state index in [2.05, 4.69) is 77.2 Å². The Morgan fingerprint density at radius 2 is 1.89 bits per heavy atom. The molecule has 0 heterocycles. The van der Waals surface area contributed by atoms with E-state index in [0.29, 0.717) is 6.42 Å². The van der Waals surface area contributed by atoms with Gasteiger partial charge in [-0.1, -0.05) is 49.1 Å². The summed E-state index contributed by atoms with van der Waals surface area (Å²) in [5.41, 5.74) is 5.46. The average molecular weight is 377 g/mol. The third kappa shape index (κ3) is 3.51. The van der Waals surface area contributed by atoms with Crippen molar-refractivity contribution < 1.29 is 4.79 Å². The number of rotatable bonds is 5. The Labute approximate surface area is 165 Å². The first-order chi connectivity index (χ1) is 12.9. The molecule has 0 saturated carbocycles. The number of ketones is 1. The fraction of sp³-hybridized carbons (Fsp3) is 0.292. The van der Waals surface area contributed by atoms with Crippen LogP contribution in [-0.2, 0) is 10.2 Å². The number of anilines is 1. The Bertz CT molecular complexity index is 900. The second kappa shape index (κ2) is 7.82. The third-order valence-electron chi connectivity index (χ3n) is 6.01. The lowest BCUT2D eigenvalue weighted by Gasteiger charge is -2.40. The lowest BCUT2D eigenvalue weighted by molar-refractivity contribution is -0.122. The van der Waals surface area contributed by atoms with Crippen LogP contribution in [0.1, 0.15) is 37.3 Å². The van der Waals surface area contributed by atoms with Crippen LogP contribution in [0, 0.1) is 6.92 Å². The van der Waals surface area contributed by atoms with Gasteiger partial charge in [0.25, 0.3) is 0 Å². The first-order valence-corrected chi connectivity index (χ1v) is 9.98. The number of para-hydroxylation sites is 1. The van der Waals surface area contributed by atoms with Gasteiger partial charge in [0.15, 0.2) is 0 Å². The van der Waals surface area contributed by atoms with E-state index in [0.717, 1.165) is 35.0 Å². The molecule has 140 valence electrons. The van der Waals surface area contributed by atoms with Crippen LogP contribution in [0.15, 0.2) is 72.5 Å². The molecule has 0 aliphatic heterocycles. The van der Waals surface area contributed by atoms with E-state index in [9.17, 15) is 4.79 Å². The molecule has 2 nitrogen and oxygen atoms in total. The summed E-state index contributed by atoms with van der Waals surface area (Å²) >= 11 is 0. The second-order valence-electron chi connectivity index (χ2n) is 7.41. The fourth-order valence-corrected chi connectivity index (χ4v) is 4.55. The number of carbonyl (C=O) groups excluding carboxylic acids is 1. The lowest BCUT2D eigenvalue weighted by atomic mass is 9.65. The predicted molar refractivity (Wildman–Crippen MR) is 119 cm³/mol. The summed E-state index contributed by atoms with van der Waals surface area (Å²) in [5.74, 6) is 0.238. The number of carbonyl (C=O) groups is 1. The van der Waals surface area contributed by atoms with Crippen molar-refractivity contribution in [2.45, 2.75) is 38.5 Å². The summed E-state index contributed by atoms with van der Waals surface area (Å²) in [6.07, 6.45) is 4.31. The third-order valence-corrected chi connectivity index (χ3v) is 6.64. The minimum Gasteiger partial charge on any atom is -0.348 e. The summed E-state index contributed by atoms with van der Waals surface area (Å²) in [6.45, 7) is 7.92. The van der Waals surface area contributed by atoms with Crippen LogP contribution in [-0.4, -0.2) is 12.8 Å². The first kappa shape index (κ1) is 19.6. The average Bonchev–Trinajstić information content (AvgIpc) is 2.69. The van der Waals surface area contributed by atoms with E-state index in [1.165, 1.54) is 11.3 Å². The van der Waals surface area contributed by atoms with Crippen LogP contribution >= 0.6 is 9.24 Å². The molecule has 2 aromatic rings. The van der Waals surface area contributed by atoms with E-state index >= 15 is 0 Å². The molecule has 3 rings (SSSR count). The first-order valence-electron chi connectivity index (χ1n) is 9.40. The smallest absolute Gasteiger partial charge is 0.140 e. The van der Waals surface area contributed by atoms with E-state index in [4.69, 9.17) is 0 Å². The van der Waals surface area contributed by atoms with Gasteiger partial charge in [-0.2, -0.15) is 0 Å². The molecule has 27 heavy (non-hydrogen) atoms. The van der Waals surface area contributed by atoms with Gasteiger partial charge in [0.1, 0.15) is 5.78 Å². The van der Waals surface area contributed by atoms with Gasteiger partial charge in [0, 0.05) is 18.4 Å². The SMILES string of the molecule is C=CC1=C(N(C)c2ccccc2)CCC(C(C)=O)(c2cccc(P)c2C)C1. The molecule has 3 heteroatoms. The minimum absolute atomic E-state index is 0.238. The molecule has 0 amide bonds. The molecule has 0 fully saturated rings. The Balaban J connectivity index is 2.07. The lowest BCUT2D eigenvalue weighted by Crippen LogP contribution is -2.40. The summed E-state index contributed by atoms with van der Waals surface area (Å²) in [7, 11) is 4.89. The van der Waals surface area contributed by atoms with E-state index in [-0.39, 0.29) is 5.78 Å². The summed E-state index contributed by atoms with van der Waals surface area (Å²) in [4.78, 5) is 15.2. The van der Waals surface area contributed by atoms with Crippen LogP contribution < -0.4 is 10.2 Å². The zero-order chi connectivity index (χ0) is 19.6. The van der Waals surface area contributed by atoms with Gasteiger partial charge in [0.05, 0.1) is 5.41 Å². The molecule has 0 bridgehead atoms. The molecule has 0 spiro atoms. The Morgan fingerprint density at radius 3 is 2.52 bits per heavy atom. The standard InChI is InChI=1S/C24H28NOP/c1-5-19-16-24(18(3)26,21-12-9-13-23(27)17(21)2)15-14-22(19)25(4)20-10-7-6-8-11-20/h5-13H,1,14-16,27H2,2-4H3. The molecule has 2 aromatic carbocycles. The van der Waals surface area contributed by atoms with Gasteiger partial charge in [-0.15, -0.1) is 9.24 Å². The Morgan fingerprint density at radius 1 is 1.19 bits per heavy atom. The fourth-order valence-electron chi connectivity index (χ4n) is 4.28. The highest BCUT2D eigenvalue weighted by Crippen LogP contribution is 2.45. The van der Waals surface area contributed by atoms with Crippen molar-refractivity contribution in [3.8, 4) is 0 Å². The van der Waals surface area contributed by atoms with Gasteiger partial charge >= 0.3 is 0 Å². The topological polar surface area (TPSA) is 20.3 Å². The molecule has 1 aliphatic rings. The van der Waals surface area contributed by atoms with Crippen molar-refractivity contribution in [1.82, 2.24) is 0 Å². The van der Waals surface area contributed by atoms with Gasteiger partial charge in [0.2, 0.25) is 0 Å². The van der Waals surface area contributed by atoms with Crippen molar-refractivity contribution in [3.63, 3.8) is 0 Å². The van der Waals surface area contributed by atoms with Gasteiger partial charge in [-0.3, -0.25) is 4.79 Å². The maximum Gasteiger partial charge on any atom is 0.140 e. The van der Waals surface area contributed by atoms with Crippen molar-refractivity contribution >= 4 is 26.0 Å². The summed E-state index contributed by atoms with van der Waals surface area (Å²) in [5, 5.41) is 1.16. The molecular weight excluding hydrogens is 349 g/mol. The highest BCUT2D eigenvalue weighted by atomic mass is 31.0. The molecular formula is C24H28NOP. The Kier molecular flexibility index (Phi) is 5.67. The van der Waals surface area contributed by atoms with Crippen molar-refractivity contribution in [3.05, 3.63) is 83.6 Å². The molecule has 0 radical (unpaired) electrons.